The van der Waals surface area contributed by atoms with Crippen molar-refractivity contribution in [2.45, 2.75) is 26.8 Å². The fraction of sp³-hybridized carbons (Fsp3) is 0.500. The van der Waals surface area contributed by atoms with Crippen LogP contribution in [-0.2, 0) is 11.3 Å². The molecule has 0 saturated carbocycles. The van der Waals surface area contributed by atoms with Gasteiger partial charge in [0.15, 0.2) is 11.5 Å². The molecule has 0 aliphatic carbocycles. The van der Waals surface area contributed by atoms with E-state index in [1.54, 1.807) is 0 Å². The summed E-state index contributed by atoms with van der Waals surface area (Å²) >= 11 is 0. The summed E-state index contributed by atoms with van der Waals surface area (Å²) in [4.78, 5) is 10.9. The van der Waals surface area contributed by atoms with E-state index in [1.807, 2.05) is 26.0 Å². The molecule has 1 atom stereocenters. The molecular weight excluding hydrogens is 246 g/mol. The summed E-state index contributed by atoms with van der Waals surface area (Å²) in [7, 11) is 0. The lowest BCUT2D eigenvalue weighted by Gasteiger charge is -2.12. The lowest BCUT2D eigenvalue weighted by Crippen LogP contribution is -2.27. The van der Waals surface area contributed by atoms with E-state index in [2.05, 4.69) is 5.32 Å². The maximum absolute atomic E-state index is 10.9. The van der Waals surface area contributed by atoms with Crippen LogP contribution in [0.4, 0.5) is 0 Å². The quantitative estimate of drug-likeness (QED) is 0.822. The van der Waals surface area contributed by atoms with Gasteiger partial charge in [-0.1, -0.05) is 6.92 Å². The number of aliphatic carboxylic acids is 1. The molecule has 2 rings (SSSR count). The van der Waals surface area contributed by atoms with Crippen molar-refractivity contribution in [3.8, 4) is 11.5 Å². The van der Waals surface area contributed by atoms with Gasteiger partial charge in [-0.05, 0) is 36.6 Å². The molecule has 1 aromatic rings. The van der Waals surface area contributed by atoms with Crippen molar-refractivity contribution >= 4 is 5.97 Å². The fourth-order valence-corrected chi connectivity index (χ4v) is 2.06. The smallest absolute Gasteiger partial charge is 0.307 e. The Kier molecular flexibility index (Phi) is 4.27. The van der Waals surface area contributed by atoms with Crippen LogP contribution in [-0.4, -0.2) is 24.4 Å². The maximum Gasteiger partial charge on any atom is 0.307 e. The highest BCUT2D eigenvalue weighted by Crippen LogP contribution is 2.34. The molecule has 1 aliphatic heterocycles. The van der Waals surface area contributed by atoms with Crippen LogP contribution in [0.2, 0.25) is 0 Å². The second-order valence-corrected chi connectivity index (χ2v) is 4.71. The number of ether oxygens (including phenoxy) is 2. The summed E-state index contributed by atoms with van der Waals surface area (Å²) in [6, 6.07) is 3.90. The first kappa shape index (κ1) is 13.7. The highest BCUT2D eigenvalue weighted by Gasteiger charge is 2.17. The summed E-state index contributed by atoms with van der Waals surface area (Å²) in [5, 5.41) is 12.2. The SMILES string of the molecule is CCC(CNCc1cc2c(cc1C)OCO2)C(=O)O. The topological polar surface area (TPSA) is 67.8 Å². The lowest BCUT2D eigenvalue weighted by atomic mass is 10.1. The number of fused-ring (bicyclic) bond motifs is 1. The van der Waals surface area contributed by atoms with Gasteiger partial charge < -0.3 is 19.9 Å². The zero-order chi connectivity index (χ0) is 13.8. The van der Waals surface area contributed by atoms with Gasteiger partial charge in [-0.25, -0.2) is 0 Å². The molecule has 0 fully saturated rings. The molecule has 0 radical (unpaired) electrons. The first-order valence-corrected chi connectivity index (χ1v) is 6.44. The minimum absolute atomic E-state index is 0.266. The Bertz CT molecular complexity index is 473. The van der Waals surface area contributed by atoms with Gasteiger partial charge in [-0.3, -0.25) is 4.79 Å². The highest BCUT2D eigenvalue weighted by atomic mass is 16.7. The van der Waals surface area contributed by atoms with E-state index in [0.29, 0.717) is 19.5 Å². The number of carboxylic acid groups (broad SMARTS) is 1. The Morgan fingerprint density at radius 3 is 2.74 bits per heavy atom. The van der Waals surface area contributed by atoms with Gasteiger partial charge in [0.05, 0.1) is 5.92 Å². The third-order valence-corrected chi connectivity index (χ3v) is 3.38. The number of carboxylic acids is 1. The first-order chi connectivity index (χ1) is 9.11. The Morgan fingerprint density at radius 1 is 1.42 bits per heavy atom. The van der Waals surface area contributed by atoms with E-state index in [9.17, 15) is 4.79 Å². The van der Waals surface area contributed by atoms with Crippen molar-refractivity contribution in [2.75, 3.05) is 13.3 Å². The minimum atomic E-state index is -0.752. The van der Waals surface area contributed by atoms with Crippen molar-refractivity contribution < 1.29 is 19.4 Å². The van der Waals surface area contributed by atoms with Crippen LogP contribution in [0.3, 0.4) is 0 Å². The molecule has 5 nitrogen and oxygen atoms in total. The van der Waals surface area contributed by atoms with Crippen LogP contribution in [0.1, 0.15) is 24.5 Å². The molecule has 0 amide bonds. The molecular formula is C14H19NO4. The van der Waals surface area contributed by atoms with Gasteiger partial charge in [0.2, 0.25) is 6.79 Å². The fourth-order valence-electron chi connectivity index (χ4n) is 2.06. The average molecular weight is 265 g/mol. The molecule has 0 bridgehead atoms. The van der Waals surface area contributed by atoms with Crippen LogP contribution in [0.5, 0.6) is 11.5 Å². The van der Waals surface area contributed by atoms with Crippen molar-refractivity contribution in [3.05, 3.63) is 23.3 Å². The molecule has 0 spiro atoms. The van der Waals surface area contributed by atoms with Crippen LogP contribution in [0.25, 0.3) is 0 Å². The zero-order valence-corrected chi connectivity index (χ0v) is 11.2. The third kappa shape index (κ3) is 3.17. The summed E-state index contributed by atoms with van der Waals surface area (Å²) in [6.07, 6.45) is 0.627. The van der Waals surface area contributed by atoms with E-state index in [1.165, 1.54) is 0 Å². The van der Waals surface area contributed by atoms with Crippen molar-refractivity contribution in [1.29, 1.82) is 0 Å². The molecule has 104 valence electrons. The third-order valence-electron chi connectivity index (χ3n) is 3.38. The number of rotatable bonds is 6. The normalized spacial score (nSPS) is 14.4. The largest absolute Gasteiger partial charge is 0.481 e. The van der Waals surface area contributed by atoms with Gasteiger partial charge in [-0.15, -0.1) is 0 Å². The van der Waals surface area contributed by atoms with Crippen molar-refractivity contribution in [1.82, 2.24) is 5.32 Å². The van der Waals surface area contributed by atoms with E-state index >= 15 is 0 Å². The standard InChI is InChI=1S/C14H19NO4/c1-3-10(14(16)17)6-15-7-11-5-13-12(4-9(11)2)18-8-19-13/h4-5,10,15H,3,6-8H2,1-2H3,(H,16,17). The van der Waals surface area contributed by atoms with Gasteiger partial charge in [0, 0.05) is 13.1 Å². The molecule has 1 aliphatic rings. The molecule has 2 N–H and O–H groups in total. The molecule has 0 aromatic heterocycles. The van der Waals surface area contributed by atoms with E-state index in [0.717, 1.165) is 22.6 Å². The monoisotopic (exact) mass is 265 g/mol. The molecule has 19 heavy (non-hydrogen) atoms. The van der Waals surface area contributed by atoms with Crippen LogP contribution in [0, 0.1) is 12.8 Å². The second kappa shape index (κ2) is 5.93. The number of aryl methyl sites for hydroxylation is 1. The maximum atomic E-state index is 10.9. The zero-order valence-electron chi connectivity index (χ0n) is 11.2. The minimum Gasteiger partial charge on any atom is -0.481 e. The van der Waals surface area contributed by atoms with Crippen LogP contribution < -0.4 is 14.8 Å². The summed E-state index contributed by atoms with van der Waals surface area (Å²) in [6.45, 7) is 5.26. The van der Waals surface area contributed by atoms with Gasteiger partial charge in [0.1, 0.15) is 0 Å². The molecule has 1 aromatic carbocycles. The number of carbonyl (C=O) groups is 1. The number of benzene rings is 1. The Hall–Kier alpha value is -1.75. The summed E-state index contributed by atoms with van der Waals surface area (Å²) in [5.74, 6) is 0.442. The number of hydrogen-bond donors (Lipinski definition) is 2. The number of nitrogens with one attached hydrogen (secondary N) is 1. The predicted octanol–water partition coefficient (Wildman–Crippen LogP) is 1.92. The predicted molar refractivity (Wildman–Crippen MR) is 70.4 cm³/mol. The molecule has 0 saturated heterocycles. The summed E-state index contributed by atoms with van der Waals surface area (Å²) < 4.78 is 10.6. The van der Waals surface area contributed by atoms with Gasteiger partial charge in [-0.2, -0.15) is 0 Å². The van der Waals surface area contributed by atoms with Crippen LogP contribution in [0.15, 0.2) is 12.1 Å². The van der Waals surface area contributed by atoms with E-state index < -0.39 is 5.97 Å². The van der Waals surface area contributed by atoms with Gasteiger partial charge in [0.25, 0.3) is 0 Å². The van der Waals surface area contributed by atoms with Crippen molar-refractivity contribution in [2.24, 2.45) is 5.92 Å². The first-order valence-electron chi connectivity index (χ1n) is 6.44. The Morgan fingerprint density at radius 2 is 2.11 bits per heavy atom. The van der Waals surface area contributed by atoms with Gasteiger partial charge >= 0.3 is 5.97 Å². The molecule has 1 heterocycles. The second-order valence-electron chi connectivity index (χ2n) is 4.71. The Labute approximate surface area is 112 Å². The van der Waals surface area contributed by atoms with E-state index in [4.69, 9.17) is 14.6 Å². The van der Waals surface area contributed by atoms with E-state index in [-0.39, 0.29) is 12.7 Å². The lowest BCUT2D eigenvalue weighted by molar-refractivity contribution is -0.141. The average Bonchev–Trinajstić information content (AvgIpc) is 2.81. The Balaban J connectivity index is 1.95. The highest BCUT2D eigenvalue weighted by molar-refractivity contribution is 5.70. The van der Waals surface area contributed by atoms with Crippen LogP contribution >= 0.6 is 0 Å². The molecule has 1 unspecified atom stereocenters. The summed E-state index contributed by atoms with van der Waals surface area (Å²) in [5.41, 5.74) is 2.21. The van der Waals surface area contributed by atoms with Crippen molar-refractivity contribution in [3.63, 3.8) is 0 Å². The molecule has 5 heteroatoms. The number of hydrogen-bond acceptors (Lipinski definition) is 4.